The maximum Gasteiger partial charge on any atom is 0.254 e. The van der Waals surface area contributed by atoms with Crippen molar-refractivity contribution in [3.8, 4) is 11.3 Å². The summed E-state index contributed by atoms with van der Waals surface area (Å²) in [6, 6.07) is 7.75. The molecule has 1 aliphatic carbocycles. The summed E-state index contributed by atoms with van der Waals surface area (Å²) in [7, 11) is 0. The van der Waals surface area contributed by atoms with E-state index in [0.717, 1.165) is 54.1 Å². The van der Waals surface area contributed by atoms with Crippen LogP contribution in [0, 0.1) is 0 Å². The standard InChI is InChI=1S/C23H27N5O3/c24-16-3-5-27(6-4-16)20-13-19(22(25)29)18-12-15-11-14(1-2-17(15)21(18)26-20)23(30)28-7-9-31-10-8-28/h1-2,11,13,16H,3-10,12,24H2,(H2,25,29). The zero-order valence-corrected chi connectivity index (χ0v) is 17.5. The number of nitrogens with two attached hydrogens (primary N) is 2. The number of anilines is 1. The van der Waals surface area contributed by atoms with Crippen LogP contribution in [-0.2, 0) is 11.2 Å². The predicted octanol–water partition coefficient (Wildman–Crippen LogP) is 1.15. The number of hydrogen-bond acceptors (Lipinski definition) is 6. The van der Waals surface area contributed by atoms with Gasteiger partial charge in [-0.3, -0.25) is 9.59 Å². The summed E-state index contributed by atoms with van der Waals surface area (Å²) < 4.78 is 5.35. The molecular weight excluding hydrogens is 394 g/mol. The zero-order chi connectivity index (χ0) is 21.5. The zero-order valence-electron chi connectivity index (χ0n) is 17.5. The largest absolute Gasteiger partial charge is 0.378 e. The smallest absolute Gasteiger partial charge is 0.254 e. The second kappa shape index (κ2) is 7.94. The van der Waals surface area contributed by atoms with Crippen LogP contribution in [0.1, 0.15) is 44.7 Å². The van der Waals surface area contributed by atoms with E-state index in [4.69, 9.17) is 21.2 Å². The van der Waals surface area contributed by atoms with E-state index in [1.807, 2.05) is 29.2 Å². The van der Waals surface area contributed by atoms with Crippen LogP contribution in [-0.4, -0.2) is 67.1 Å². The van der Waals surface area contributed by atoms with Crippen molar-refractivity contribution in [1.82, 2.24) is 9.88 Å². The van der Waals surface area contributed by atoms with Gasteiger partial charge in [0.1, 0.15) is 5.82 Å². The molecule has 5 rings (SSSR count). The van der Waals surface area contributed by atoms with E-state index in [1.54, 1.807) is 0 Å². The number of primary amides is 1. The summed E-state index contributed by atoms with van der Waals surface area (Å²) in [5.74, 6) is 0.322. The third-order valence-electron chi connectivity index (χ3n) is 6.51. The maximum atomic E-state index is 12.9. The minimum atomic E-state index is -0.453. The van der Waals surface area contributed by atoms with Crippen molar-refractivity contribution in [3.05, 3.63) is 46.5 Å². The van der Waals surface area contributed by atoms with Crippen molar-refractivity contribution in [1.29, 1.82) is 0 Å². The second-order valence-corrected chi connectivity index (χ2v) is 8.50. The first-order valence-electron chi connectivity index (χ1n) is 10.9. The minimum Gasteiger partial charge on any atom is -0.378 e. The molecule has 4 N–H and O–H groups in total. The van der Waals surface area contributed by atoms with E-state index in [-0.39, 0.29) is 11.9 Å². The normalized spacial score (nSPS) is 18.6. The molecular formula is C23H27N5O3. The van der Waals surface area contributed by atoms with E-state index in [2.05, 4.69) is 4.90 Å². The van der Waals surface area contributed by atoms with Crippen LogP contribution in [0.3, 0.4) is 0 Å². The van der Waals surface area contributed by atoms with Gasteiger partial charge in [0.15, 0.2) is 0 Å². The lowest BCUT2D eigenvalue weighted by Gasteiger charge is -2.31. The van der Waals surface area contributed by atoms with Gasteiger partial charge in [-0.2, -0.15) is 0 Å². The number of fused-ring (bicyclic) bond motifs is 3. The number of rotatable bonds is 3. The first-order valence-corrected chi connectivity index (χ1v) is 10.9. The summed E-state index contributed by atoms with van der Waals surface area (Å²) in [5, 5.41) is 0. The van der Waals surface area contributed by atoms with Gasteiger partial charge in [-0.15, -0.1) is 0 Å². The Labute approximate surface area is 181 Å². The van der Waals surface area contributed by atoms with Gasteiger partial charge in [-0.05, 0) is 42.2 Å². The Hall–Kier alpha value is -2.97. The summed E-state index contributed by atoms with van der Waals surface area (Å²) in [6.45, 7) is 3.96. The van der Waals surface area contributed by atoms with Crippen molar-refractivity contribution < 1.29 is 14.3 Å². The first-order chi connectivity index (χ1) is 15.0. The molecule has 162 valence electrons. The Balaban J connectivity index is 1.49. The molecule has 0 radical (unpaired) electrons. The number of piperidine rings is 1. The van der Waals surface area contributed by atoms with Crippen molar-refractivity contribution in [2.45, 2.75) is 25.3 Å². The molecule has 31 heavy (non-hydrogen) atoms. The van der Waals surface area contributed by atoms with Gasteiger partial charge in [-0.25, -0.2) is 4.98 Å². The number of morpholine rings is 1. The lowest BCUT2D eigenvalue weighted by molar-refractivity contribution is 0.0303. The highest BCUT2D eigenvalue weighted by molar-refractivity contribution is 5.99. The van der Waals surface area contributed by atoms with Gasteiger partial charge < -0.3 is 26.0 Å². The van der Waals surface area contributed by atoms with Crippen LogP contribution in [0.2, 0.25) is 0 Å². The van der Waals surface area contributed by atoms with Gasteiger partial charge in [0.2, 0.25) is 5.91 Å². The molecule has 3 aliphatic rings. The molecule has 8 nitrogen and oxygen atoms in total. The van der Waals surface area contributed by atoms with E-state index in [9.17, 15) is 9.59 Å². The minimum absolute atomic E-state index is 0.00971. The molecule has 0 spiro atoms. The van der Waals surface area contributed by atoms with Crippen LogP contribution in [0.5, 0.6) is 0 Å². The number of hydrogen-bond donors (Lipinski definition) is 2. The quantitative estimate of drug-likeness (QED) is 0.656. The summed E-state index contributed by atoms with van der Waals surface area (Å²) in [4.78, 5) is 34.1. The third-order valence-corrected chi connectivity index (χ3v) is 6.51. The Kier molecular flexibility index (Phi) is 5.11. The van der Waals surface area contributed by atoms with E-state index in [0.29, 0.717) is 43.9 Å². The van der Waals surface area contributed by atoms with Gasteiger partial charge in [0.05, 0.1) is 18.9 Å². The predicted molar refractivity (Wildman–Crippen MR) is 117 cm³/mol. The number of carbonyl (C=O) groups is 2. The summed E-state index contributed by atoms with van der Waals surface area (Å²) >= 11 is 0. The molecule has 0 atom stereocenters. The highest BCUT2D eigenvalue weighted by Gasteiger charge is 2.29. The Morgan fingerprint density at radius 3 is 2.52 bits per heavy atom. The fourth-order valence-electron chi connectivity index (χ4n) is 4.71. The molecule has 2 aliphatic heterocycles. The molecule has 0 unspecified atom stereocenters. The highest BCUT2D eigenvalue weighted by atomic mass is 16.5. The number of aromatic nitrogens is 1. The summed E-state index contributed by atoms with van der Waals surface area (Å²) in [5.41, 5.74) is 16.5. The average molecular weight is 422 g/mol. The van der Waals surface area contributed by atoms with Crippen LogP contribution in [0.25, 0.3) is 11.3 Å². The van der Waals surface area contributed by atoms with Crippen molar-refractivity contribution in [2.24, 2.45) is 11.5 Å². The molecule has 2 aromatic rings. The maximum absolute atomic E-state index is 12.9. The Morgan fingerprint density at radius 1 is 1.06 bits per heavy atom. The number of benzene rings is 1. The van der Waals surface area contributed by atoms with Crippen molar-refractivity contribution in [2.75, 3.05) is 44.3 Å². The van der Waals surface area contributed by atoms with Crippen LogP contribution < -0.4 is 16.4 Å². The van der Waals surface area contributed by atoms with Crippen molar-refractivity contribution >= 4 is 17.6 Å². The Bertz CT molecular complexity index is 1040. The molecule has 3 heterocycles. The first kappa shape index (κ1) is 20.0. The van der Waals surface area contributed by atoms with Gasteiger partial charge in [-0.1, -0.05) is 6.07 Å². The molecule has 2 saturated heterocycles. The topological polar surface area (TPSA) is 115 Å². The molecule has 0 bridgehead atoms. The van der Waals surface area contributed by atoms with E-state index in [1.165, 1.54) is 0 Å². The number of carbonyl (C=O) groups excluding carboxylic acids is 2. The van der Waals surface area contributed by atoms with E-state index < -0.39 is 5.91 Å². The lowest BCUT2D eigenvalue weighted by Crippen LogP contribution is -2.40. The molecule has 0 saturated carbocycles. The fraction of sp³-hybridized carbons (Fsp3) is 0.435. The van der Waals surface area contributed by atoms with Gasteiger partial charge in [0.25, 0.3) is 5.91 Å². The number of ether oxygens (including phenoxy) is 1. The Morgan fingerprint density at radius 2 is 1.81 bits per heavy atom. The number of nitrogens with zero attached hydrogens (tertiary/aromatic N) is 3. The van der Waals surface area contributed by atoms with Crippen LogP contribution >= 0.6 is 0 Å². The highest BCUT2D eigenvalue weighted by Crippen LogP contribution is 2.39. The molecule has 8 heteroatoms. The SMILES string of the molecule is NC(=O)c1cc(N2CCC(N)CC2)nc2c1Cc1cc(C(=O)N3CCOCC3)ccc1-2. The number of pyridine rings is 1. The number of amides is 2. The molecule has 2 fully saturated rings. The van der Waals surface area contributed by atoms with Crippen LogP contribution in [0.4, 0.5) is 5.82 Å². The lowest BCUT2D eigenvalue weighted by atomic mass is 10.0. The molecule has 2 amide bonds. The van der Waals surface area contributed by atoms with Gasteiger partial charge >= 0.3 is 0 Å². The monoisotopic (exact) mass is 421 g/mol. The molecule has 1 aromatic heterocycles. The van der Waals surface area contributed by atoms with Crippen LogP contribution in [0.15, 0.2) is 24.3 Å². The third kappa shape index (κ3) is 3.66. The second-order valence-electron chi connectivity index (χ2n) is 8.50. The van der Waals surface area contributed by atoms with Crippen molar-refractivity contribution in [3.63, 3.8) is 0 Å². The summed E-state index contributed by atoms with van der Waals surface area (Å²) in [6.07, 6.45) is 2.34. The van der Waals surface area contributed by atoms with E-state index >= 15 is 0 Å². The molecule has 1 aromatic carbocycles. The fourth-order valence-corrected chi connectivity index (χ4v) is 4.71. The average Bonchev–Trinajstić information content (AvgIpc) is 3.16. The van der Waals surface area contributed by atoms with Gasteiger partial charge in [0, 0.05) is 55.3 Å².